The molecule has 0 N–H and O–H groups in total. The summed E-state index contributed by atoms with van der Waals surface area (Å²) in [6.45, 7) is 6.17. The Morgan fingerprint density at radius 2 is 1.85 bits per heavy atom. The predicted octanol–water partition coefficient (Wildman–Crippen LogP) is 3.87. The monoisotopic (exact) mass is 175 g/mol. The van der Waals surface area contributed by atoms with Crippen LogP contribution in [-0.4, -0.2) is 0 Å². The summed E-state index contributed by atoms with van der Waals surface area (Å²) >= 11 is 0. The SMILES string of the molecule is [CH2]C(C)CCCCc1ccccc1. The topological polar surface area (TPSA) is 0 Å². The van der Waals surface area contributed by atoms with E-state index in [4.69, 9.17) is 0 Å². The van der Waals surface area contributed by atoms with Crippen molar-refractivity contribution < 1.29 is 0 Å². The maximum Gasteiger partial charge on any atom is -0.0279 e. The van der Waals surface area contributed by atoms with Gasteiger partial charge in [0.1, 0.15) is 0 Å². The molecule has 1 aromatic rings. The van der Waals surface area contributed by atoms with Crippen molar-refractivity contribution >= 4 is 0 Å². The summed E-state index contributed by atoms with van der Waals surface area (Å²) in [6, 6.07) is 10.7. The molecular weight excluding hydrogens is 156 g/mol. The van der Waals surface area contributed by atoms with Crippen LogP contribution in [0.15, 0.2) is 30.3 Å². The van der Waals surface area contributed by atoms with Gasteiger partial charge in [0.2, 0.25) is 0 Å². The molecule has 0 heterocycles. The summed E-state index contributed by atoms with van der Waals surface area (Å²) in [6.07, 6.45) is 5.07. The molecule has 0 fully saturated rings. The van der Waals surface area contributed by atoms with Gasteiger partial charge in [-0.1, -0.05) is 57.0 Å². The van der Waals surface area contributed by atoms with Crippen molar-refractivity contribution in [2.45, 2.75) is 32.6 Å². The van der Waals surface area contributed by atoms with Gasteiger partial charge in [0.15, 0.2) is 0 Å². The molecule has 0 nitrogen and oxygen atoms in total. The van der Waals surface area contributed by atoms with E-state index in [0.717, 1.165) is 0 Å². The Morgan fingerprint density at radius 1 is 1.15 bits per heavy atom. The van der Waals surface area contributed by atoms with Crippen molar-refractivity contribution in [2.24, 2.45) is 5.92 Å². The molecule has 0 amide bonds. The highest BCUT2D eigenvalue weighted by Gasteiger charge is 1.95. The molecule has 0 saturated carbocycles. The van der Waals surface area contributed by atoms with E-state index >= 15 is 0 Å². The quantitative estimate of drug-likeness (QED) is 0.596. The minimum absolute atomic E-state index is 0.607. The van der Waals surface area contributed by atoms with Crippen LogP contribution in [0.1, 0.15) is 31.7 Å². The molecule has 1 unspecified atom stereocenters. The highest BCUT2D eigenvalue weighted by atomic mass is 14.0. The van der Waals surface area contributed by atoms with Crippen LogP contribution in [-0.2, 0) is 6.42 Å². The largest absolute Gasteiger partial charge is 0.0625 e. The van der Waals surface area contributed by atoms with Crippen molar-refractivity contribution in [3.05, 3.63) is 42.8 Å². The standard InChI is InChI=1S/C13H19/c1-12(2)8-6-7-11-13-9-4-3-5-10-13/h3-5,9-10,12H,1,6-8,11H2,2H3. The summed E-state index contributed by atoms with van der Waals surface area (Å²) in [4.78, 5) is 0. The van der Waals surface area contributed by atoms with E-state index in [9.17, 15) is 0 Å². The van der Waals surface area contributed by atoms with Crippen LogP contribution in [0, 0.1) is 12.8 Å². The third kappa shape index (κ3) is 4.72. The summed E-state index contributed by atoms with van der Waals surface area (Å²) in [5.74, 6) is 0.607. The van der Waals surface area contributed by atoms with Crippen LogP contribution in [0.2, 0.25) is 0 Å². The van der Waals surface area contributed by atoms with Gasteiger partial charge in [-0.25, -0.2) is 0 Å². The summed E-state index contributed by atoms with van der Waals surface area (Å²) < 4.78 is 0. The first-order valence-electron chi connectivity index (χ1n) is 5.16. The van der Waals surface area contributed by atoms with E-state index < -0.39 is 0 Å². The molecule has 0 spiro atoms. The van der Waals surface area contributed by atoms with Gasteiger partial charge in [-0.3, -0.25) is 0 Å². The van der Waals surface area contributed by atoms with Crippen molar-refractivity contribution in [2.75, 3.05) is 0 Å². The van der Waals surface area contributed by atoms with Crippen molar-refractivity contribution in [3.8, 4) is 0 Å². The number of rotatable bonds is 5. The second-order valence-electron chi connectivity index (χ2n) is 3.84. The van der Waals surface area contributed by atoms with Crippen LogP contribution < -0.4 is 0 Å². The average molecular weight is 175 g/mol. The fraction of sp³-hybridized carbons (Fsp3) is 0.462. The second-order valence-corrected chi connectivity index (χ2v) is 3.84. The molecule has 0 aliphatic heterocycles. The van der Waals surface area contributed by atoms with Gasteiger partial charge >= 0.3 is 0 Å². The van der Waals surface area contributed by atoms with Gasteiger partial charge in [-0.15, -0.1) is 0 Å². The van der Waals surface area contributed by atoms with E-state index in [2.05, 4.69) is 44.2 Å². The van der Waals surface area contributed by atoms with Crippen molar-refractivity contribution in [1.82, 2.24) is 0 Å². The summed E-state index contributed by atoms with van der Waals surface area (Å²) in [5.41, 5.74) is 1.46. The molecule has 0 aliphatic rings. The minimum Gasteiger partial charge on any atom is -0.0625 e. The second kappa shape index (κ2) is 5.80. The van der Waals surface area contributed by atoms with Crippen LogP contribution in [0.4, 0.5) is 0 Å². The van der Waals surface area contributed by atoms with Gasteiger partial charge in [0.05, 0.1) is 0 Å². The Bertz CT molecular complexity index is 211. The molecule has 71 valence electrons. The molecule has 13 heavy (non-hydrogen) atoms. The molecule has 0 saturated heterocycles. The zero-order valence-electron chi connectivity index (χ0n) is 8.50. The third-order valence-corrected chi connectivity index (χ3v) is 2.26. The lowest BCUT2D eigenvalue weighted by Gasteiger charge is -2.03. The summed E-state index contributed by atoms with van der Waals surface area (Å²) in [7, 11) is 0. The Kier molecular flexibility index (Phi) is 4.59. The molecule has 1 aromatic carbocycles. The predicted molar refractivity (Wildman–Crippen MR) is 58.5 cm³/mol. The van der Waals surface area contributed by atoms with Crippen molar-refractivity contribution in [1.29, 1.82) is 0 Å². The van der Waals surface area contributed by atoms with Gasteiger partial charge in [0.25, 0.3) is 0 Å². The van der Waals surface area contributed by atoms with Gasteiger partial charge in [-0.05, 0) is 24.3 Å². The lowest BCUT2D eigenvalue weighted by atomic mass is 10.0. The molecule has 1 rings (SSSR count). The van der Waals surface area contributed by atoms with Gasteiger partial charge in [0, 0.05) is 0 Å². The number of aryl methyl sites for hydroxylation is 1. The van der Waals surface area contributed by atoms with Crippen LogP contribution in [0.25, 0.3) is 0 Å². The highest BCUT2D eigenvalue weighted by Crippen LogP contribution is 2.09. The minimum atomic E-state index is 0.607. The van der Waals surface area contributed by atoms with Crippen LogP contribution in [0.5, 0.6) is 0 Å². The zero-order chi connectivity index (χ0) is 9.52. The molecule has 0 aliphatic carbocycles. The molecular formula is C13H19. The lowest BCUT2D eigenvalue weighted by molar-refractivity contribution is 0.578. The third-order valence-electron chi connectivity index (χ3n) is 2.26. The van der Waals surface area contributed by atoms with Gasteiger partial charge in [-0.2, -0.15) is 0 Å². The number of unbranched alkanes of at least 4 members (excludes halogenated alkanes) is 1. The highest BCUT2D eigenvalue weighted by molar-refractivity contribution is 5.14. The smallest absolute Gasteiger partial charge is 0.0279 e. The fourth-order valence-corrected chi connectivity index (χ4v) is 1.47. The van der Waals surface area contributed by atoms with Crippen LogP contribution >= 0.6 is 0 Å². The average Bonchev–Trinajstić information content (AvgIpc) is 2.14. The molecule has 0 aromatic heterocycles. The Balaban J connectivity index is 2.13. The Hall–Kier alpha value is -0.780. The van der Waals surface area contributed by atoms with E-state index in [1.807, 2.05) is 0 Å². The van der Waals surface area contributed by atoms with E-state index in [-0.39, 0.29) is 0 Å². The first-order valence-corrected chi connectivity index (χ1v) is 5.16. The zero-order valence-corrected chi connectivity index (χ0v) is 8.50. The maximum absolute atomic E-state index is 3.98. The van der Waals surface area contributed by atoms with Crippen molar-refractivity contribution in [3.63, 3.8) is 0 Å². The Labute approximate surface area is 82.0 Å². The molecule has 1 atom stereocenters. The van der Waals surface area contributed by atoms with E-state index in [0.29, 0.717) is 5.92 Å². The van der Waals surface area contributed by atoms with Gasteiger partial charge < -0.3 is 0 Å². The Morgan fingerprint density at radius 3 is 2.46 bits per heavy atom. The number of hydrogen-bond acceptors (Lipinski definition) is 0. The lowest BCUT2D eigenvalue weighted by Crippen LogP contribution is -1.89. The van der Waals surface area contributed by atoms with E-state index in [1.165, 1.54) is 31.2 Å². The molecule has 0 bridgehead atoms. The van der Waals surface area contributed by atoms with Crippen LogP contribution in [0.3, 0.4) is 0 Å². The first kappa shape index (κ1) is 10.3. The maximum atomic E-state index is 3.98. The number of benzene rings is 1. The molecule has 0 heteroatoms. The van der Waals surface area contributed by atoms with E-state index in [1.54, 1.807) is 0 Å². The fourth-order valence-electron chi connectivity index (χ4n) is 1.47. The summed E-state index contributed by atoms with van der Waals surface area (Å²) in [5, 5.41) is 0. The first-order chi connectivity index (χ1) is 6.29. The number of hydrogen-bond donors (Lipinski definition) is 0. The normalized spacial score (nSPS) is 10.7. The molecule has 1 radical (unpaired) electrons.